The van der Waals surface area contributed by atoms with Gasteiger partial charge >= 0.3 is 0 Å². The van der Waals surface area contributed by atoms with Gasteiger partial charge in [-0.1, -0.05) is 19.1 Å². The number of para-hydroxylation sites is 1. The molecule has 4 heteroatoms. The number of rotatable bonds is 9. The molecule has 0 saturated heterocycles. The second-order valence-corrected chi connectivity index (χ2v) is 6.47. The van der Waals surface area contributed by atoms with Crippen LogP contribution in [-0.4, -0.2) is 36.7 Å². The summed E-state index contributed by atoms with van der Waals surface area (Å²) in [7, 11) is 1.70. The monoisotopic (exact) mass is 295 g/mol. The van der Waals surface area contributed by atoms with Crippen molar-refractivity contribution in [3.05, 3.63) is 24.3 Å². The predicted octanol–water partition coefficient (Wildman–Crippen LogP) is 2.93. The van der Waals surface area contributed by atoms with Crippen LogP contribution < -0.4 is 10.1 Å². The first-order chi connectivity index (χ1) is 9.75. The molecule has 0 aliphatic heterocycles. The van der Waals surface area contributed by atoms with E-state index in [9.17, 15) is 5.11 Å². The van der Waals surface area contributed by atoms with Gasteiger partial charge in [0.2, 0.25) is 0 Å². The van der Waals surface area contributed by atoms with Crippen molar-refractivity contribution in [2.75, 3.05) is 26.0 Å². The number of hydrogen-bond donors (Lipinski definition) is 2. The number of nitrogens with one attached hydrogen (secondary N) is 1. The lowest BCUT2D eigenvalue weighted by atomic mass is 9.96. The fourth-order valence-electron chi connectivity index (χ4n) is 2.50. The van der Waals surface area contributed by atoms with E-state index < -0.39 is 0 Å². The van der Waals surface area contributed by atoms with Crippen LogP contribution in [0.3, 0.4) is 0 Å². The van der Waals surface area contributed by atoms with Gasteiger partial charge in [-0.3, -0.25) is 0 Å². The highest BCUT2D eigenvalue weighted by atomic mass is 32.2. The average molecular weight is 295 g/mol. The molecule has 0 aromatic heterocycles. The number of aliphatic hydroxyl groups is 1. The van der Waals surface area contributed by atoms with E-state index in [0.717, 1.165) is 29.4 Å². The van der Waals surface area contributed by atoms with Crippen LogP contribution in [0.5, 0.6) is 5.75 Å². The molecule has 3 nitrogen and oxygen atoms in total. The lowest BCUT2D eigenvalue weighted by Gasteiger charge is -2.33. The van der Waals surface area contributed by atoms with Crippen molar-refractivity contribution in [2.45, 2.75) is 36.6 Å². The van der Waals surface area contributed by atoms with Gasteiger partial charge in [-0.2, -0.15) is 0 Å². The maximum atomic E-state index is 9.91. The third kappa shape index (κ3) is 3.68. The summed E-state index contributed by atoms with van der Waals surface area (Å²) in [6.45, 7) is 3.33. The molecule has 1 unspecified atom stereocenters. The quantitative estimate of drug-likeness (QED) is 0.687. The summed E-state index contributed by atoms with van der Waals surface area (Å²) in [6, 6.07) is 8.08. The Morgan fingerprint density at radius 3 is 2.75 bits per heavy atom. The minimum atomic E-state index is -0.137. The summed E-state index contributed by atoms with van der Waals surface area (Å²) >= 11 is 1.77. The maximum Gasteiger partial charge on any atom is 0.132 e. The zero-order chi connectivity index (χ0) is 14.4. The van der Waals surface area contributed by atoms with Gasteiger partial charge in [0.1, 0.15) is 5.75 Å². The fraction of sp³-hybridized carbons (Fsp3) is 0.625. The number of hydrogen-bond acceptors (Lipinski definition) is 4. The molecule has 1 atom stereocenters. The second-order valence-electron chi connectivity index (χ2n) is 5.45. The summed E-state index contributed by atoms with van der Waals surface area (Å²) in [6.07, 6.45) is 3.54. The molecule has 0 spiro atoms. The molecule has 1 aliphatic rings. The Labute approximate surface area is 126 Å². The molecule has 2 rings (SSSR count). The molecular formula is C16H25NO2S. The Morgan fingerprint density at radius 2 is 2.15 bits per heavy atom. The standard InChI is InChI=1S/C16H25NO2S/c1-3-10-17-16(11-18,13-8-9-13)12-20-15-7-5-4-6-14(15)19-2/h4-7,13,17-18H,3,8-12H2,1-2H3. The SMILES string of the molecule is CCCNC(CO)(CSc1ccccc1OC)C1CC1. The Hall–Kier alpha value is -0.710. The van der Waals surface area contributed by atoms with Crippen molar-refractivity contribution >= 4 is 11.8 Å². The smallest absolute Gasteiger partial charge is 0.132 e. The van der Waals surface area contributed by atoms with E-state index >= 15 is 0 Å². The highest BCUT2D eigenvalue weighted by molar-refractivity contribution is 7.99. The number of ether oxygens (including phenoxy) is 1. The van der Waals surface area contributed by atoms with Crippen LogP contribution in [0.15, 0.2) is 29.2 Å². The minimum absolute atomic E-state index is 0.137. The topological polar surface area (TPSA) is 41.5 Å². The van der Waals surface area contributed by atoms with E-state index in [1.165, 1.54) is 12.8 Å². The van der Waals surface area contributed by atoms with E-state index in [1.807, 2.05) is 18.2 Å². The molecule has 0 amide bonds. The van der Waals surface area contributed by atoms with Gasteiger partial charge in [-0.15, -0.1) is 11.8 Å². The molecular weight excluding hydrogens is 270 g/mol. The molecule has 2 N–H and O–H groups in total. The van der Waals surface area contributed by atoms with Gasteiger partial charge in [0.05, 0.1) is 19.3 Å². The molecule has 0 heterocycles. The van der Waals surface area contributed by atoms with E-state index in [2.05, 4.69) is 18.3 Å². The number of thioether (sulfide) groups is 1. The number of aliphatic hydroxyl groups excluding tert-OH is 1. The van der Waals surface area contributed by atoms with Crippen LogP contribution in [-0.2, 0) is 0 Å². The first kappa shape index (κ1) is 15.7. The zero-order valence-electron chi connectivity index (χ0n) is 12.4. The normalized spacial score (nSPS) is 17.8. The molecule has 1 saturated carbocycles. The summed E-state index contributed by atoms with van der Waals surface area (Å²) in [4.78, 5) is 1.15. The molecule has 1 fully saturated rings. The van der Waals surface area contributed by atoms with Crippen molar-refractivity contribution in [2.24, 2.45) is 5.92 Å². The lowest BCUT2D eigenvalue weighted by molar-refractivity contribution is 0.159. The van der Waals surface area contributed by atoms with Crippen LogP contribution in [0.4, 0.5) is 0 Å². The molecule has 1 aromatic carbocycles. The Kier molecular flexibility index (Phi) is 5.75. The van der Waals surface area contributed by atoms with E-state index in [-0.39, 0.29) is 12.1 Å². The Balaban J connectivity index is 2.04. The number of methoxy groups -OCH3 is 1. The molecule has 0 bridgehead atoms. The van der Waals surface area contributed by atoms with Crippen LogP contribution >= 0.6 is 11.8 Å². The van der Waals surface area contributed by atoms with E-state index in [1.54, 1.807) is 18.9 Å². The molecule has 112 valence electrons. The lowest BCUT2D eigenvalue weighted by Crippen LogP contribution is -2.53. The third-order valence-corrected chi connectivity index (χ3v) is 5.23. The average Bonchev–Trinajstić information content (AvgIpc) is 3.33. The molecule has 1 aromatic rings. The maximum absolute atomic E-state index is 9.91. The first-order valence-electron chi connectivity index (χ1n) is 7.37. The highest BCUT2D eigenvalue weighted by Gasteiger charge is 2.44. The van der Waals surface area contributed by atoms with Crippen LogP contribution in [0.25, 0.3) is 0 Å². The fourth-order valence-corrected chi connectivity index (χ4v) is 3.81. The molecule has 0 radical (unpaired) electrons. The van der Waals surface area contributed by atoms with Crippen molar-refractivity contribution in [3.63, 3.8) is 0 Å². The summed E-state index contributed by atoms with van der Waals surface area (Å²) in [5.41, 5.74) is -0.137. The summed E-state index contributed by atoms with van der Waals surface area (Å²) < 4.78 is 5.40. The van der Waals surface area contributed by atoms with Gasteiger partial charge in [-0.25, -0.2) is 0 Å². The van der Waals surface area contributed by atoms with Gasteiger partial charge in [0.15, 0.2) is 0 Å². The molecule has 1 aliphatic carbocycles. The van der Waals surface area contributed by atoms with E-state index in [0.29, 0.717) is 5.92 Å². The predicted molar refractivity (Wildman–Crippen MR) is 84.6 cm³/mol. The molecule has 20 heavy (non-hydrogen) atoms. The Bertz CT molecular complexity index is 423. The van der Waals surface area contributed by atoms with Gasteiger partial charge < -0.3 is 15.2 Å². The van der Waals surface area contributed by atoms with Gasteiger partial charge in [-0.05, 0) is 43.9 Å². The van der Waals surface area contributed by atoms with Crippen molar-refractivity contribution in [1.82, 2.24) is 5.32 Å². The summed E-state index contributed by atoms with van der Waals surface area (Å²) in [5.74, 6) is 2.41. The zero-order valence-corrected chi connectivity index (χ0v) is 13.2. The number of benzene rings is 1. The largest absolute Gasteiger partial charge is 0.496 e. The van der Waals surface area contributed by atoms with Crippen molar-refractivity contribution in [3.8, 4) is 5.75 Å². The second kappa shape index (κ2) is 7.34. The Morgan fingerprint density at radius 1 is 1.40 bits per heavy atom. The van der Waals surface area contributed by atoms with Crippen molar-refractivity contribution < 1.29 is 9.84 Å². The minimum Gasteiger partial charge on any atom is -0.496 e. The van der Waals surface area contributed by atoms with E-state index in [4.69, 9.17) is 4.74 Å². The third-order valence-electron chi connectivity index (χ3n) is 3.92. The summed E-state index contributed by atoms with van der Waals surface area (Å²) in [5, 5.41) is 13.5. The van der Waals surface area contributed by atoms with Crippen molar-refractivity contribution in [1.29, 1.82) is 0 Å². The van der Waals surface area contributed by atoms with Gasteiger partial charge in [0, 0.05) is 10.6 Å². The van der Waals surface area contributed by atoms with Crippen LogP contribution in [0, 0.1) is 5.92 Å². The first-order valence-corrected chi connectivity index (χ1v) is 8.36. The van der Waals surface area contributed by atoms with Gasteiger partial charge in [0.25, 0.3) is 0 Å². The highest BCUT2D eigenvalue weighted by Crippen LogP contribution is 2.43. The van der Waals surface area contributed by atoms with Crippen LogP contribution in [0.1, 0.15) is 26.2 Å². The van der Waals surface area contributed by atoms with Crippen LogP contribution in [0.2, 0.25) is 0 Å².